The summed E-state index contributed by atoms with van der Waals surface area (Å²) in [4.78, 5) is 12.3. The van der Waals surface area contributed by atoms with Gasteiger partial charge in [0.15, 0.2) is 5.78 Å². The Morgan fingerprint density at radius 1 is 0.815 bits per heavy atom. The monoisotopic (exact) mass is 374 g/mol. The molecular formula is C21H14F4O2. The minimum atomic E-state index is -4.45. The predicted molar refractivity (Wildman–Crippen MR) is 92.1 cm³/mol. The van der Waals surface area contributed by atoms with E-state index in [2.05, 4.69) is 0 Å². The minimum absolute atomic E-state index is 0.0245. The van der Waals surface area contributed by atoms with E-state index in [1.807, 2.05) is 0 Å². The van der Waals surface area contributed by atoms with Gasteiger partial charge in [0.2, 0.25) is 0 Å². The number of rotatable bonds is 5. The molecule has 3 rings (SSSR count). The van der Waals surface area contributed by atoms with Gasteiger partial charge in [-0.1, -0.05) is 18.2 Å². The van der Waals surface area contributed by atoms with E-state index in [1.54, 1.807) is 0 Å². The molecule has 0 aliphatic rings. The summed E-state index contributed by atoms with van der Waals surface area (Å²) >= 11 is 0. The molecule has 27 heavy (non-hydrogen) atoms. The first-order chi connectivity index (χ1) is 12.8. The molecule has 0 aliphatic carbocycles. The van der Waals surface area contributed by atoms with Gasteiger partial charge in [-0.25, -0.2) is 4.39 Å². The van der Waals surface area contributed by atoms with Crippen LogP contribution in [0.3, 0.4) is 0 Å². The summed E-state index contributed by atoms with van der Waals surface area (Å²) in [7, 11) is 0. The Kier molecular flexibility index (Phi) is 5.26. The third-order valence-electron chi connectivity index (χ3n) is 3.94. The normalized spacial score (nSPS) is 11.3. The molecular weight excluding hydrogens is 360 g/mol. The second kappa shape index (κ2) is 7.61. The minimum Gasteiger partial charge on any atom is -0.489 e. The highest BCUT2D eigenvalue weighted by Gasteiger charge is 2.32. The van der Waals surface area contributed by atoms with E-state index in [0.29, 0.717) is 16.9 Å². The van der Waals surface area contributed by atoms with Gasteiger partial charge in [-0.3, -0.25) is 4.79 Å². The smallest absolute Gasteiger partial charge is 0.416 e. The van der Waals surface area contributed by atoms with Crippen molar-refractivity contribution in [1.29, 1.82) is 0 Å². The third-order valence-corrected chi connectivity index (χ3v) is 3.94. The van der Waals surface area contributed by atoms with Crippen molar-refractivity contribution in [2.45, 2.75) is 12.8 Å². The molecule has 0 fully saturated rings. The van der Waals surface area contributed by atoms with Crippen LogP contribution >= 0.6 is 0 Å². The highest BCUT2D eigenvalue weighted by Crippen LogP contribution is 2.32. The maximum absolute atomic E-state index is 13.0. The molecule has 3 aromatic carbocycles. The Bertz CT molecular complexity index is 930. The number of benzene rings is 3. The fourth-order valence-corrected chi connectivity index (χ4v) is 2.55. The SMILES string of the molecule is O=C(c1ccc(F)cc1)c1ccc(OCc2ccccc2C(F)(F)F)cc1. The van der Waals surface area contributed by atoms with E-state index in [-0.39, 0.29) is 18.0 Å². The molecule has 0 atom stereocenters. The van der Waals surface area contributed by atoms with Crippen LogP contribution in [0.5, 0.6) is 5.75 Å². The summed E-state index contributed by atoms with van der Waals surface area (Å²) in [6, 6.07) is 16.4. The van der Waals surface area contributed by atoms with Crippen molar-refractivity contribution in [3.05, 3.63) is 101 Å². The first-order valence-electron chi connectivity index (χ1n) is 8.03. The molecule has 0 saturated carbocycles. The van der Waals surface area contributed by atoms with Gasteiger partial charge < -0.3 is 4.74 Å². The predicted octanol–water partition coefficient (Wildman–Crippen LogP) is 5.65. The molecule has 0 heterocycles. The van der Waals surface area contributed by atoms with Crippen LogP contribution < -0.4 is 4.74 Å². The highest BCUT2D eigenvalue weighted by atomic mass is 19.4. The standard InChI is InChI=1S/C21H14F4O2/c22-17-9-5-14(6-10-17)20(26)15-7-11-18(12-8-15)27-13-16-3-1-2-4-19(16)21(23,24)25/h1-12H,13H2. The molecule has 0 saturated heterocycles. The summed E-state index contributed by atoms with van der Waals surface area (Å²) in [6.07, 6.45) is -4.45. The molecule has 0 bridgehead atoms. The molecule has 0 spiro atoms. The lowest BCUT2D eigenvalue weighted by Gasteiger charge is -2.13. The maximum Gasteiger partial charge on any atom is 0.416 e. The van der Waals surface area contributed by atoms with Crippen molar-refractivity contribution in [2.75, 3.05) is 0 Å². The molecule has 3 aromatic rings. The van der Waals surface area contributed by atoms with Crippen LogP contribution in [0.1, 0.15) is 27.0 Å². The second-order valence-corrected chi connectivity index (χ2v) is 5.80. The zero-order valence-corrected chi connectivity index (χ0v) is 14.0. The van der Waals surface area contributed by atoms with Gasteiger partial charge in [0, 0.05) is 16.7 Å². The quantitative estimate of drug-likeness (QED) is 0.426. The average molecular weight is 374 g/mol. The molecule has 0 unspecified atom stereocenters. The van der Waals surface area contributed by atoms with Crippen LogP contribution in [-0.2, 0) is 12.8 Å². The van der Waals surface area contributed by atoms with Crippen molar-refractivity contribution in [3.8, 4) is 5.75 Å². The van der Waals surface area contributed by atoms with Crippen LogP contribution in [-0.4, -0.2) is 5.78 Å². The number of hydrogen-bond donors (Lipinski definition) is 0. The summed E-state index contributed by atoms with van der Waals surface area (Å²) in [5.74, 6) is -0.388. The van der Waals surface area contributed by atoms with Gasteiger partial charge in [-0.05, 0) is 54.6 Å². The highest BCUT2D eigenvalue weighted by molar-refractivity contribution is 6.08. The van der Waals surface area contributed by atoms with Crippen LogP contribution in [0, 0.1) is 5.82 Å². The molecule has 0 radical (unpaired) electrons. The van der Waals surface area contributed by atoms with E-state index < -0.39 is 17.6 Å². The topological polar surface area (TPSA) is 26.3 Å². The average Bonchev–Trinajstić information content (AvgIpc) is 2.66. The molecule has 0 N–H and O–H groups in total. The van der Waals surface area contributed by atoms with Crippen molar-refractivity contribution >= 4 is 5.78 Å². The summed E-state index contributed by atoms with van der Waals surface area (Å²) in [6.45, 7) is -0.249. The van der Waals surface area contributed by atoms with Gasteiger partial charge in [-0.15, -0.1) is 0 Å². The van der Waals surface area contributed by atoms with Crippen molar-refractivity contribution in [3.63, 3.8) is 0 Å². The van der Waals surface area contributed by atoms with E-state index in [0.717, 1.165) is 6.07 Å². The molecule has 0 aliphatic heterocycles. The Hall–Kier alpha value is -3.15. The molecule has 0 aromatic heterocycles. The first kappa shape index (κ1) is 18.6. The van der Waals surface area contributed by atoms with E-state index in [1.165, 1.54) is 66.7 Å². The number of carbonyl (C=O) groups is 1. The number of ether oxygens (including phenoxy) is 1. The van der Waals surface area contributed by atoms with Crippen molar-refractivity contribution < 1.29 is 27.1 Å². The summed E-state index contributed by atoms with van der Waals surface area (Å²) in [5.41, 5.74) is -0.0154. The Morgan fingerprint density at radius 3 is 1.96 bits per heavy atom. The lowest BCUT2D eigenvalue weighted by Crippen LogP contribution is -2.10. The van der Waals surface area contributed by atoms with Gasteiger partial charge in [-0.2, -0.15) is 13.2 Å². The Balaban J connectivity index is 1.70. The van der Waals surface area contributed by atoms with E-state index >= 15 is 0 Å². The van der Waals surface area contributed by atoms with Gasteiger partial charge in [0.1, 0.15) is 18.2 Å². The zero-order chi connectivity index (χ0) is 19.4. The largest absolute Gasteiger partial charge is 0.489 e. The van der Waals surface area contributed by atoms with Crippen LogP contribution in [0.15, 0.2) is 72.8 Å². The number of halogens is 4. The van der Waals surface area contributed by atoms with Gasteiger partial charge in [0.25, 0.3) is 0 Å². The maximum atomic E-state index is 13.0. The number of alkyl halides is 3. The molecule has 138 valence electrons. The lowest BCUT2D eigenvalue weighted by molar-refractivity contribution is -0.138. The van der Waals surface area contributed by atoms with Crippen LogP contribution in [0.2, 0.25) is 0 Å². The number of carbonyl (C=O) groups excluding carboxylic acids is 1. The number of hydrogen-bond acceptors (Lipinski definition) is 2. The second-order valence-electron chi connectivity index (χ2n) is 5.80. The van der Waals surface area contributed by atoms with E-state index in [4.69, 9.17) is 4.74 Å². The summed E-state index contributed by atoms with van der Waals surface area (Å²) < 4.78 is 57.3. The van der Waals surface area contributed by atoms with Gasteiger partial charge in [0.05, 0.1) is 5.56 Å². The molecule has 2 nitrogen and oxygen atoms in total. The van der Waals surface area contributed by atoms with Crippen LogP contribution in [0.4, 0.5) is 17.6 Å². The van der Waals surface area contributed by atoms with Crippen LogP contribution in [0.25, 0.3) is 0 Å². The fourth-order valence-electron chi connectivity index (χ4n) is 2.55. The molecule has 0 amide bonds. The van der Waals surface area contributed by atoms with Gasteiger partial charge >= 0.3 is 6.18 Å². The van der Waals surface area contributed by atoms with Crippen molar-refractivity contribution in [2.24, 2.45) is 0 Å². The van der Waals surface area contributed by atoms with Crippen molar-refractivity contribution in [1.82, 2.24) is 0 Å². The first-order valence-corrected chi connectivity index (χ1v) is 8.03. The van der Waals surface area contributed by atoms with E-state index in [9.17, 15) is 22.4 Å². The zero-order valence-electron chi connectivity index (χ0n) is 14.0. The third kappa shape index (κ3) is 4.53. The Morgan fingerprint density at radius 2 is 1.37 bits per heavy atom. The summed E-state index contributed by atoms with van der Waals surface area (Å²) in [5, 5.41) is 0. The lowest BCUT2D eigenvalue weighted by atomic mass is 10.0. The fraction of sp³-hybridized carbons (Fsp3) is 0.0952. The molecule has 6 heteroatoms. The Labute approximate surface area is 153 Å². The number of ketones is 1.